The van der Waals surface area contributed by atoms with E-state index in [1.54, 1.807) is 4.90 Å². The molecule has 6 nitrogen and oxygen atoms in total. The normalized spacial score (nSPS) is 20.1. The molecule has 1 unspecified atom stereocenters. The average Bonchev–Trinajstić information content (AvgIpc) is 3.12. The molecule has 1 saturated heterocycles. The predicted octanol–water partition coefficient (Wildman–Crippen LogP) is 1.66. The fourth-order valence-corrected chi connectivity index (χ4v) is 5.10. The molecule has 27 heavy (non-hydrogen) atoms. The van der Waals surface area contributed by atoms with Gasteiger partial charge in [-0.2, -0.15) is 4.31 Å². The SMILES string of the molecule is O=C(C1Cc2ccccc2O1)N1CCN(S(=O)(=O)Cc2ccccc2)CC1. The Morgan fingerprint density at radius 1 is 0.963 bits per heavy atom. The molecular formula is C20H22N2O4S. The summed E-state index contributed by atoms with van der Waals surface area (Å²) < 4.78 is 32.5. The van der Waals surface area contributed by atoms with Crippen molar-refractivity contribution < 1.29 is 17.9 Å². The van der Waals surface area contributed by atoms with Gasteiger partial charge in [-0.3, -0.25) is 4.79 Å². The Kier molecular flexibility index (Phi) is 4.88. The highest BCUT2D eigenvalue weighted by Crippen LogP contribution is 2.29. The van der Waals surface area contributed by atoms with E-state index in [1.807, 2.05) is 54.6 Å². The van der Waals surface area contributed by atoms with E-state index in [1.165, 1.54) is 4.31 Å². The molecular weight excluding hydrogens is 364 g/mol. The predicted molar refractivity (Wildman–Crippen MR) is 102 cm³/mol. The van der Waals surface area contributed by atoms with Crippen molar-refractivity contribution in [2.45, 2.75) is 18.3 Å². The number of benzene rings is 2. The highest BCUT2D eigenvalue weighted by atomic mass is 32.2. The number of carbonyl (C=O) groups excluding carboxylic acids is 1. The molecule has 0 radical (unpaired) electrons. The van der Waals surface area contributed by atoms with Gasteiger partial charge < -0.3 is 9.64 Å². The summed E-state index contributed by atoms with van der Waals surface area (Å²) in [4.78, 5) is 14.5. The lowest BCUT2D eigenvalue weighted by atomic mass is 10.1. The lowest BCUT2D eigenvalue weighted by Gasteiger charge is -2.35. The van der Waals surface area contributed by atoms with Crippen LogP contribution in [0.5, 0.6) is 5.75 Å². The molecule has 2 aliphatic heterocycles. The standard InChI is InChI=1S/C20H22N2O4S/c23-20(19-14-17-8-4-5-9-18(17)26-19)21-10-12-22(13-11-21)27(24,25)15-16-6-2-1-3-7-16/h1-9,19H,10-15H2. The zero-order chi connectivity index (χ0) is 18.9. The van der Waals surface area contributed by atoms with Gasteiger partial charge in [0.15, 0.2) is 6.10 Å². The molecule has 2 aromatic carbocycles. The Morgan fingerprint density at radius 2 is 1.63 bits per heavy atom. The molecule has 1 atom stereocenters. The van der Waals surface area contributed by atoms with Gasteiger partial charge in [0, 0.05) is 32.6 Å². The molecule has 0 aromatic heterocycles. The van der Waals surface area contributed by atoms with Crippen LogP contribution in [0.25, 0.3) is 0 Å². The Bertz CT molecular complexity index is 897. The van der Waals surface area contributed by atoms with Crippen LogP contribution in [0, 0.1) is 0 Å². The third-order valence-electron chi connectivity index (χ3n) is 5.06. The second-order valence-electron chi connectivity index (χ2n) is 6.88. The molecule has 2 heterocycles. The molecule has 0 bridgehead atoms. The average molecular weight is 386 g/mol. The number of hydrogen-bond acceptors (Lipinski definition) is 4. The Labute approximate surface area is 159 Å². The van der Waals surface area contributed by atoms with E-state index >= 15 is 0 Å². The summed E-state index contributed by atoms with van der Waals surface area (Å²) in [6, 6.07) is 16.8. The first-order valence-corrected chi connectivity index (χ1v) is 10.7. The number of hydrogen-bond donors (Lipinski definition) is 0. The van der Waals surface area contributed by atoms with E-state index in [2.05, 4.69) is 0 Å². The van der Waals surface area contributed by atoms with Crippen LogP contribution in [0.4, 0.5) is 0 Å². The fraction of sp³-hybridized carbons (Fsp3) is 0.350. The number of amides is 1. The lowest BCUT2D eigenvalue weighted by molar-refractivity contribution is -0.139. The maximum atomic E-state index is 12.7. The molecule has 0 N–H and O–H groups in total. The maximum Gasteiger partial charge on any atom is 0.264 e. The van der Waals surface area contributed by atoms with Gasteiger partial charge in [-0.25, -0.2) is 8.42 Å². The van der Waals surface area contributed by atoms with Crippen molar-refractivity contribution in [3.63, 3.8) is 0 Å². The van der Waals surface area contributed by atoms with Gasteiger partial charge in [-0.05, 0) is 17.2 Å². The summed E-state index contributed by atoms with van der Waals surface area (Å²) >= 11 is 0. The number of carbonyl (C=O) groups is 1. The monoisotopic (exact) mass is 386 g/mol. The molecule has 0 aliphatic carbocycles. The number of rotatable bonds is 4. The van der Waals surface area contributed by atoms with Crippen LogP contribution in [0.3, 0.4) is 0 Å². The molecule has 2 aromatic rings. The second kappa shape index (κ2) is 7.32. The fourth-order valence-electron chi connectivity index (χ4n) is 3.59. The summed E-state index contributed by atoms with van der Waals surface area (Å²) in [6.45, 7) is 1.42. The van der Waals surface area contributed by atoms with Gasteiger partial charge in [0.2, 0.25) is 10.0 Å². The molecule has 2 aliphatic rings. The first-order chi connectivity index (χ1) is 13.0. The van der Waals surface area contributed by atoms with E-state index in [4.69, 9.17) is 4.74 Å². The minimum Gasteiger partial charge on any atom is -0.480 e. The van der Waals surface area contributed by atoms with Gasteiger partial charge >= 0.3 is 0 Å². The van der Waals surface area contributed by atoms with E-state index in [-0.39, 0.29) is 11.7 Å². The van der Waals surface area contributed by atoms with E-state index < -0.39 is 16.1 Å². The summed E-state index contributed by atoms with van der Waals surface area (Å²) in [5.74, 6) is 0.689. The zero-order valence-electron chi connectivity index (χ0n) is 15.0. The van der Waals surface area contributed by atoms with Crippen LogP contribution in [0.15, 0.2) is 54.6 Å². The quantitative estimate of drug-likeness (QED) is 0.802. The van der Waals surface area contributed by atoms with Crippen molar-refractivity contribution in [3.05, 3.63) is 65.7 Å². The maximum absolute atomic E-state index is 12.7. The molecule has 1 amide bonds. The summed E-state index contributed by atoms with van der Waals surface area (Å²) in [5.41, 5.74) is 1.81. The molecule has 0 saturated carbocycles. The summed E-state index contributed by atoms with van der Waals surface area (Å²) in [7, 11) is -3.38. The van der Waals surface area contributed by atoms with Gasteiger partial charge in [-0.15, -0.1) is 0 Å². The van der Waals surface area contributed by atoms with Crippen molar-refractivity contribution in [2.75, 3.05) is 26.2 Å². The number of nitrogens with zero attached hydrogens (tertiary/aromatic N) is 2. The highest BCUT2D eigenvalue weighted by molar-refractivity contribution is 7.88. The van der Waals surface area contributed by atoms with Crippen LogP contribution in [-0.2, 0) is 27.0 Å². The van der Waals surface area contributed by atoms with Crippen molar-refractivity contribution in [3.8, 4) is 5.75 Å². The molecule has 4 rings (SSSR count). The number of para-hydroxylation sites is 1. The first kappa shape index (κ1) is 18.0. The first-order valence-electron chi connectivity index (χ1n) is 9.08. The molecule has 7 heteroatoms. The van der Waals surface area contributed by atoms with Crippen molar-refractivity contribution >= 4 is 15.9 Å². The van der Waals surface area contributed by atoms with Gasteiger partial charge in [0.05, 0.1) is 5.75 Å². The summed E-state index contributed by atoms with van der Waals surface area (Å²) in [6.07, 6.45) is 0.0662. The largest absolute Gasteiger partial charge is 0.480 e. The van der Waals surface area contributed by atoms with Crippen LogP contribution in [0.2, 0.25) is 0 Å². The van der Waals surface area contributed by atoms with E-state index in [0.717, 1.165) is 16.9 Å². The smallest absolute Gasteiger partial charge is 0.264 e. The third kappa shape index (κ3) is 3.84. The van der Waals surface area contributed by atoms with Crippen molar-refractivity contribution in [1.29, 1.82) is 0 Å². The molecule has 1 fully saturated rings. The van der Waals surface area contributed by atoms with Crippen LogP contribution in [-0.4, -0.2) is 55.8 Å². The number of ether oxygens (including phenoxy) is 1. The minimum atomic E-state index is -3.38. The van der Waals surface area contributed by atoms with Crippen LogP contribution >= 0.6 is 0 Å². The van der Waals surface area contributed by atoms with Crippen LogP contribution in [0.1, 0.15) is 11.1 Å². The van der Waals surface area contributed by atoms with E-state index in [9.17, 15) is 13.2 Å². The minimum absolute atomic E-state index is 0.0111. The van der Waals surface area contributed by atoms with Gasteiger partial charge in [-0.1, -0.05) is 48.5 Å². The number of piperazine rings is 1. The number of sulfonamides is 1. The van der Waals surface area contributed by atoms with Crippen molar-refractivity contribution in [2.24, 2.45) is 0 Å². The Balaban J connectivity index is 1.34. The lowest BCUT2D eigenvalue weighted by Crippen LogP contribution is -2.53. The van der Waals surface area contributed by atoms with Gasteiger partial charge in [0.25, 0.3) is 5.91 Å². The molecule has 142 valence electrons. The summed E-state index contributed by atoms with van der Waals surface area (Å²) in [5, 5.41) is 0. The Morgan fingerprint density at radius 3 is 2.33 bits per heavy atom. The van der Waals surface area contributed by atoms with E-state index in [0.29, 0.717) is 32.6 Å². The second-order valence-corrected chi connectivity index (χ2v) is 8.85. The van der Waals surface area contributed by atoms with Crippen LogP contribution < -0.4 is 4.74 Å². The third-order valence-corrected chi connectivity index (χ3v) is 6.91. The Hall–Kier alpha value is -2.38. The van der Waals surface area contributed by atoms with Gasteiger partial charge in [0.1, 0.15) is 5.75 Å². The van der Waals surface area contributed by atoms with Crippen molar-refractivity contribution in [1.82, 2.24) is 9.21 Å². The number of fused-ring (bicyclic) bond motifs is 1. The zero-order valence-corrected chi connectivity index (χ0v) is 15.8. The topological polar surface area (TPSA) is 66.9 Å². The highest BCUT2D eigenvalue weighted by Gasteiger charge is 2.35. The molecule has 0 spiro atoms.